The van der Waals surface area contributed by atoms with Crippen LogP contribution in [0.1, 0.15) is 24.6 Å². The smallest absolute Gasteiger partial charge is 0.157 e. The zero-order valence-corrected chi connectivity index (χ0v) is 15.1. The molecule has 0 spiro atoms. The molecule has 2 atom stereocenters. The van der Waals surface area contributed by atoms with Gasteiger partial charge >= 0.3 is 0 Å². The van der Waals surface area contributed by atoms with E-state index in [1.165, 1.54) is 0 Å². The van der Waals surface area contributed by atoms with Crippen LogP contribution in [0, 0.1) is 0 Å². The van der Waals surface area contributed by atoms with E-state index in [0.29, 0.717) is 12.4 Å². The molecule has 0 radical (unpaired) electrons. The number of benzene rings is 1. The highest BCUT2D eigenvalue weighted by molar-refractivity contribution is 7.82. The zero-order valence-electron chi connectivity index (χ0n) is 14.3. The van der Waals surface area contributed by atoms with Gasteiger partial charge in [-0.2, -0.15) is 0 Å². The lowest BCUT2D eigenvalue weighted by Gasteiger charge is -2.14. The molecule has 0 aliphatic heterocycles. The van der Waals surface area contributed by atoms with Crippen LogP contribution < -0.4 is 0 Å². The number of hydrogen-bond acceptors (Lipinski definition) is 5. The van der Waals surface area contributed by atoms with Crippen LogP contribution in [0.3, 0.4) is 0 Å². The summed E-state index contributed by atoms with van der Waals surface area (Å²) in [6.45, 7) is 2.44. The standard InChI is InChI=1S/C18H21N3O3S/c1-3-18(23-2)24-11-14-8-9-19-15(10-14)12-25(22)21-13-20-16-6-4-5-7-17(16)21/h4-10,13,18H,3,11-12H2,1-2H3. The molecule has 6 nitrogen and oxygen atoms in total. The van der Waals surface area contributed by atoms with Gasteiger partial charge < -0.3 is 9.47 Å². The maximum absolute atomic E-state index is 12.7. The second kappa shape index (κ2) is 8.33. The van der Waals surface area contributed by atoms with E-state index in [2.05, 4.69) is 9.97 Å². The molecule has 1 aromatic carbocycles. The molecular weight excluding hydrogens is 338 g/mol. The summed E-state index contributed by atoms with van der Waals surface area (Å²) in [5.74, 6) is 0.315. The van der Waals surface area contributed by atoms with Gasteiger partial charge in [0.2, 0.25) is 0 Å². The van der Waals surface area contributed by atoms with Crippen molar-refractivity contribution < 1.29 is 13.7 Å². The Morgan fingerprint density at radius 3 is 2.88 bits per heavy atom. The Labute approximate surface area is 149 Å². The molecule has 2 unspecified atom stereocenters. The van der Waals surface area contributed by atoms with Gasteiger partial charge in [0.15, 0.2) is 6.29 Å². The number of ether oxygens (including phenoxy) is 2. The van der Waals surface area contributed by atoms with Crippen molar-refractivity contribution in [3.8, 4) is 0 Å². The van der Waals surface area contributed by atoms with E-state index in [0.717, 1.165) is 28.7 Å². The van der Waals surface area contributed by atoms with Crippen LogP contribution in [0.2, 0.25) is 0 Å². The molecule has 0 aliphatic carbocycles. The van der Waals surface area contributed by atoms with Crippen LogP contribution in [0.25, 0.3) is 11.0 Å². The highest BCUT2D eigenvalue weighted by atomic mass is 32.2. The highest BCUT2D eigenvalue weighted by Crippen LogP contribution is 2.15. The van der Waals surface area contributed by atoms with E-state index in [1.807, 2.05) is 43.3 Å². The Morgan fingerprint density at radius 1 is 1.24 bits per heavy atom. The molecule has 2 heterocycles. The van der Waals surface area contributed by atoms with Gasteiger partial charge in [-0.15, -0.1) is 0 Å². The first-order valence-corrected chi connectivity index (χ1v) is 9.38. The van der Waals surface area contributed by atoms with Crippen LogP contribution in [0.5, 0.6) is 0 Å². The number of para-hydroxylation sites is 2. The first-order valence-electron chi connectivity index (χ1n) is 8.10. The predicted molar refractivity (Wildman–Crippen MR) is 97.1 cm³/mol. The van der Waals surface area contributed by atoms with Crippen molar-refractivity contribution in [1.82, 2.24) is 13.9 Å². The summed E-state index contributed by atoms with van der Waals surface area (Å²) in [5, 5.41) is 0. The third kappa shape index (κ3) is 4.31. The van der Waals surface area contributed by atoms with Gasteiger partial charge in [0.25, 0.3) is 0 Å². The fraction of sp³-hybridized carbons (Fsp3) is 0.333. The van der Waals surface area contributed by atoms with Crippen molar-refractivity contribution in [1.29, 1.82) is 0 Å². The summed E-state index contributed by atoms with van der Waals surface area (Å²) < 4.78 is 25.3. The molecule has 0 aliphatic rings. The van der Waals surface area contributed by atoms with E-state index in [1.54, 1.807) is 23.6 Å². The van der Waals surface area contributed by atoms with E-state index in [9.17, 15) is 4.21 Å². The zero-order chi connectivity index (χ0) is 17.6. The molecule has 25 heavy (non-hydrogen) atoms. The van der Waals surface area contributed by atoms with Gasteiger partial charge in [-0.05, 0) is 36.2 Å². The summed E-state index contributed by atoms with van der Waals surface area (Å²) in [4.78, 5) is 8.61. The molecule has 7 heteroatoms. The van der Waals surface area contributed by atoms with Crippen molar-refractivity contribution >= 4 is 22.0 Å². The molecule has 3 aromatic rings. The lowest BCUT2D eigenvalue weighted by molar-refractivity contribution is -0.132. The molecular formula is C18H21N3O3S. The van der Waals surface area contributed by atoms with E-state index < -0.39 is 11.0 Å². The van der Waals surface area contributed by atoms with Crippen LogP contribution in [0.15, 0.2) is 48.9 Å². The number of pyridine rings is 1. The van der Waals surface area contributed by atoms with E-state index in [4.69, 9.17) is 9.47 Å². The Bertz CT molecular complexity index is 861. The normalized spacial score (nSPS) is 13.8. The summed E-state index contributed by atoms with van der Waals surface area (Å²) in [5.41, 5.74) is 3.41. The number of aromatic nitrogens is 3. The van der Waals surface area contributed by atoms with Crippen LogP contribution in [0.4, 0.5) is 0 Å². The molecule has 132 valence electrons. The first-order chi connectivity index (χ1) is 12.2. The third-order valence-corrected chi connectivity index (χ3v) is 5.10. The molecule has 0 amide bonds. The topological polar surface area (TPSA) is 66.2 Å². The van der Waals surface area contributed by atoms with Crippen molar-refractivity contribution in [3.63, 3.8) is 0 Å². The van der Waals surface area contributed by atoms with Gasteiger partial charge in [0.05, 0.1) is 29.1 Å². The van der Waals surface area contributed by atoms with Gasteiger partial charge in [0.1, 0.15) is 17.3 Å². The maximum atomic E-state index is 12.7. The number of methoxy groups -OCH3 is 1. The second-order valence-corrected chi connectivity index (χ2v) is 6.89. The average Bonchev–Trinajstić information content (AvgIpc) is 3.07. The van der Waals surface area contributed by atoms with Crippen molar-refractivity contribution in [2.24, 2.45) is 0 Å². The van der Waals surface area contributed by atoms with Crippen LogP contribution >= 0.6 is 0 Å². The predicted octanol–water partition coefficient (Wildman–Crippen LogP) is 3.04. The van der Waals surface area contributed by atoms with Crippen LogP contribution in [-0.4, -0.2) is 31.5 Å². The first kappa shape index (κ1) is 17.7. The monoisotopic (exact) mass is 359 g/mol. The fourth-order valence-electron chi connectivity index (χ4n) is 2.53. The summed E-state index contributed by atoms with van der Waals surface area (Å²) >= 11 is 0. The van der Waals surface area contributed by atoms with Crippen molar-refractivity contribution in [3.05, 3.63) is 60.2 Å². The minimum atomic E-state index is -1.28. The summed E-state index contributed by atoms with van der Waals surface area (Å²) in [6.07, 6.45) is 3.89. The van der Waals surface area contributed by atoms with Gasteiger partial charge in [0, 0.05) is 13.3 Å². The molecule has 3 rings (SSSR count). The Kier molecular flexibility index (Phi) is 5.91. The number of fused-ring (bicyclic) bond motifs is 1. The molecule has 0 saturated heterocycles. The third-order valence-electron chi connectivity index (χ3n) is 3.82. The minimum Gasteiger partial charge on any atom is -0.356 e. The molecule has 0 N–H and O–H groups in total. The van der Waals surface area contributed by atoms with Gasteiger partial charge in [-0.3, -0.25) is 4.98 Å². The average molecular weight is 359 g/mol. The number of nitrogens with zero attached hydrogens (tertiary/aromatic N) is 3. The Hall–Kier alpha value is -2.09. The number of imidazole rings is 1. The Balaban J connectivity index is 1.70. The quantitative estimate of drug-likeness (QED) is 0.578. The molecule has 0 fully saturated rings. The van der Waals surface area contributed by atoms with E-state index >= 15 is 0 Å². The minimum absolute atomic E-state index is 0.219. The van der Waals surface area contributed by atoms with E-state index in [-0.39, 0.29) is 6.29 Å². The molecule has 2 aromatic heterocycles. The molecule has 0 bridgehead atoms. The van der Waals surface area contributed by atoms with Crippen molar-refractivity contribution in [2.75, 3.05) is 7.11 Å². The SMILES string of the molecule is CCC(OC)OCc1ccnc(CS(=O)n2cnc3ccccc32)c1. The van der Waals surface area contributed by atoms with Gasteiger partial charge in [-0.25, -0.2) is 13.2 Å². The summed E-state index contributed by atoms with van der Waals surface area (Å²) in [7, 11) is 0.354. The van der Waals surface area contributed by atoms with Crippen molar-refractivity contribution in [2.45, 2.75) is 32.0 Å². The molecule has 0 saturated carbocycles. The Morgan fingerprint density at radius 2 is 2.08 bits per heavy atom. The number of hydrogen-bond donors (Lipinski definition) is 0. The largest absolute Gasteiger partial charge is 0.356 e. The lowest BCUT2D eigenvalue weighted by atomic mass is 10.2. The fourth-order valence-corrected chi connectivity index (χ4v) is 3.61. The maximum Gasteiger partial charge on any atom is 0.157 e. The van der Waals surface area contributed by atoms with Crippen LogP contribution in [-0.2, 0) is 32.8 Å². The highest BCUT2D eigenvalue weighted by Gasteiger charge is 2.11. The van der Waals surface area contributed by atoms with Gasteiger partial charge in [-0.1, -0.05) is 19.1 Å². The lowest BCUT2D eigenvalue weighted by Crippen LogP contribution is -2.14. The summed E-state index contributed by atoms with van der Waals surface area (Å²) in [6, 6.07) is 11.4. The second-order valence-electron chi connectivity index (χ2n) is 5.56. The number of rotatable bonds is 8.